The zero-order chi connectivity index (χ0) is 34.4. The second-order valence-corrected chi connectivity index (χ2v) is 13.3. The minimum atomic E-state index is 0.883. The van der Waals surface area contributed by atoms with Crippen molar-refractivity contribution in [3.63, 3.8) is 0 Å². The lowest BCUT2D eigenvalue weighted by Crippen LogP contribution is -2.12. The molecule has 52 heavy (non-hydrogen) atoms. The Morgan fingerprint density at radius 3 is 1.63 bits per heavy atom. The summed E-state index contributed by atoms with van der Waals surface area (Å²) in [6.45, 7) is 0. The first-order chi connectivity index (χ1) is 25.8. The van der Waals surface area contributed by atoms with Gasteiger partial charge in [-0.05, 0) is 74.8 Å². The average Bonchev–Trinajstić information content (AvgIpc) is 3.62. The van der Waals surface area contributed by atoms with Crippen LogP contribution in [-0.2, 0) is 0 Å². The molecule has 2 nitrogen and oxygen atoms in total. The van der Waals surface area contributed by atoms with Crippen LogP contribution in [0.1, 0.15) is 0 Å². The fourth-order valence-corrected chi connectivity index (χ4v) is 7.87. The van der Waals surface area contributed by atoms with Gasteiger partial charge in [0.05, 0.1) is 11.4 Å². The Kier molecular flexibility index (Phi) is 7.18. The summed E-state index contributed by atoms with van der Waals surface area (Å²) in [5.74, 6) is 0. The number of rotatable bonds is 6. The molecule has 0 spiro atoms. The first-order valence-corrected chi connectivity index (χ1v) is 17.8. The van der Waals surface area contributed by atoms with Gasteiger partial charge in [-0.1, -0.05) is 164 Å². The fourth-order valence-electron chi connectivity index (χ4n) is 7.87. The lowest BCUT2D eigenvalue weighted by Gasteiger charge is -2.30. The lowest BCUT2D eigenvalue weighted by molar-refractivity contribution is 0.673. The van der Waals surface area contributed by atoms with Crippen molar-refractivity contribution in [2.75, 3.05) is 4.90 Å². The van der Waals surface area contributed by atoms with Gasteiger partial charge in [0, 0.05) is 33.0 Å². The van der Waals surface area contributed by atoms with Gasteiger partial charge in [-0.25, -0.2) is 0 Å². The molecule has 1 heterocycles. The fraction of sp³-hybridized carbons (Fsp3) is 0. The van der Waals surface area contributed by atoms with E-state index in [0.717, 1.165) is 55.5 Å². The lowest BCUT2D eigenvalue weighted by atomic mass is 9.94. The highest BCUT2D eigenvalue weighted by Gasteiger charge is 2.23. The Morgan fingerprint density at radius 2 is 0.865 bits per heavy atom. The van der Waals surface area contributed by atoms with Crippen LogP contribution in [0.5, 0.6) is 0 Å². The van der Waals surface area contributed by atoms with E-state index in [1.54, 1.807) is 0 Å². The second kappa shape index (κ2) is 12.5. The van der Waals surface area contributed by atoms with Crippen molar-refractivity contribution < 1.29 is 4.42 Å². The van der Waals surface area contributed by atoms with Gasteiger partial charge in [0.25, 0.3) is 0 Å². The summed E-state index contributed by atoms with van der Waals surface area (Å²) >= 11 is 0. The van der Waals surface area contributed by atoms with Crippen LogP contribution in [0.2, 0.25) is 0 Å². The molecule has 0 fully saturated rings. The number of fused-ring (bicyclic) bond motifs is 6. The molecule has 244 valence electrons. The molecule has 0 radical (unpaired) electrons. The predicted molar refractivity (Wildman–Crippen MR) is 220 cm³/mol. The van der Waals surface area contributed by atoms with E-state index in [-0.39, 0.29) is 0 Å². The number of furan rings is 1. The summed E-state index contributed by atoms with van der Waals surface area (Å²) in [7, 11) is 0. The number of hydrogen-bond acceptors (Lipinski definition) is 2. The Labute approximate surface area is 302 Å². The Hall–Kier alpha value is -6.90. The van der Waals surface area contributed by atoms with E-state index in [2.05, 4.69) is 205 Å². The SMILES string of the molecule is c1ccc(-c2ccc(N(c3ccccc3-c3cccc4ccccc34)c3ccccc3-c3cccc4oc5c6ccccc6ccc5c34)cc2)cc1. The highest BCUT2D eigenvalue weighted by Crippen LogP contribution is 2.48. The van der Waals surface area contributed by atoms with Crippen LogP contribution >= 0.6 is 0 Å². The van der Waals surface area contributed by atoms with Crippen molar-refractivity contribution in [1.29, 1.82) is 0 Å². The highest BCUT2D eigenvalue weighted by molar-refractivity contribution is 6.20. The second-order valence-electron chi connectivity index (χ2n) is 13.3. The van der Waals surface area contributed by atoms with Crippen LogP contribution in [0.15, 0.2) is 205 Å². The van der Waals surface area contributed by atoms with Crippen molar-refractivity contribution in [1.82, 2.24) is 0 Å². The standard InChI is InChI=1S/C50H33NO/c1-2-14-34(15-3-1)35-28-31-38(32-29-35)51(46-25-10-8-21-42(46)41-23-12-18-36-16-4-6-19-39(36)41)47-26-11-9-22-43(47)44-24-13-27-48-49(44)45-33-30-37-17-5-7-20-40(37)50(45)52-48/h1-33H. The third-order valence-electron chi connectivity index (χ3n) is 10.3. The molecule has 0 unspecified atom stereocenters. The zero-order valence-electron chi connectivity index (χ0n) is 28.4. The molecule has 0 saturated carbocycles. The molecular formula is C50H33NO. The topological polar surface area (TPSA) is 16.4 Å². The van der Waals surface area contributed by atoms with E-state index in [4.69, 9.17) is 4.42 Å². The molecule has 10 aromatic rings. The minimum Gasteiger partial charge on any atom is -0.455 e. The van der Waals surface area contributed by atoms with E-state index in [0.29, 0.717) is 0 Å². The largest absolute Gasteiger partial charge is 0.455 e. The summed E-state index contributed by atoms with van der Waals surface area (Å²) in [4.78, 5) is 2.43. The van der Waals surface area contributed by atoms with Gasteiger partial charge in [0.15, 0.2) is 0 Å². The smallest absolute Gasteiger partial charge is 0.143 e. The van der Waals surface area contributed by atoms with Gasteiger partial charge >= 0.3 is 0 Å². The molecule has 0 aliphatic rings. The summed E-state index contributed by atoms with van der Waals surface area (Å²) in [5, 5.41) is 6.99. The van der Waals surface area contributed by atoms with Crippen molar-refractivity contribution in [2.45, 2.75) is 0 Å². The summed E-state index contributed by atoms with van der Waals surface area (Å²) < 4.78 is 6.66. The molecule has 2 heteroatoms. The Morgan fingerprint density at radius 1 is 0.327 bits per heavy atom. The van der Waals surface area contributed by atoms with Crippen LogP contribution in [0.3, 0.4) is 0 Å². The van der Waals surface area contributed by atoms with Crippen LogP contribution in [0.25, 0.3) is 76.9 Å². The molecule has 1 aromatic heterocycles. The summed E-state index contributed by atoms with van der Waals surface area (Å²) in [6.07, 6.45) is 0. The minimum absolute atomic E-state index is 0.883. The number of hydrogen-bond donors (Lipinski definition) is 0. The van der Waals surface area contributed by atoms with Gasteiger partial charge in [0.1, 0.15) is 11.2 Å². The third kappa shape index (κ3) is 4.96. The van der Waals surface area contributed by atoms with Crippen molar-refractivity contribution in [2.24, 2.45) is 0 Å². The van der Waals surface area contributed by atoms with Gasteiger partial charge < -0.3 is 9.32 Å². The van der Waals surface area contributed by atoms with Crippen molar-refractivity contribution in [3.05, 3.63) is 200 Å². The van der Waals surface area contributed by atoms with Crippen LogP contribution < -0.4 is 4.90 Å². The zero-order valence-corrected chi connectivity index (χ0v) is 28.4. The van der Waals surface area contributed by atoms with Gasteiger partial charge in [-0.3, -0.25) is 0 Å². The summed E-state index contributed by atoms with van der Waals surface area (Å²) in [6, 6.07) is 71.7. The monoisotopic (exact) mass is 663 g/mol. The third-order valence-corrected chi connectivity index (χ3v) is 10.3. The van der Waals surface area contributed by atoms with E-state index < -0.39 is 0 Å². The van der Waals surface area contributed by atoms with E-state index in [9.17, 15) is 0 Å². The van der Waals surface area contributed by atoms with Crippen LogP contribution in [0.4, 0.5) is 17.1 Å². The van der Waals surface area contributed by atoms with E-state index in [1.165, 1.54) is 38.4 Å². The van der Waals surface area contributed by atoms with Crippen molar-refractivity contribution in [3.8, 4) is 33.4 Å². The quantitative estimate of drug-likeness (QED) is 0.176. The van der Waals surface area contributed by atoms with Crippen molar-refractivity contribution >= 4 is 60.5 Å². The average molecular weight is 664 g/mol. The number of nitrogens with zero attached hydrogens (tertiary/aromatic N) is 1. The molecule has 0 aliphatic heterocycles. The highest BCUT2D eigenvalue weighted by atomic mass is 16.3. The molecule has 9 aromatic carbocycles. The number of para-hydroxylation sites is 2. The molecule has 0 bridgehead atoms. The molecule has 0 saturated heterocycles. The first-order valence-electron chi connectivity index (χ1n) is 17.8. The molecule has 0 atom stereocenters. The van der Waals surface area contributed by atoms with E-state index in [1.807, 2.05) is 0 Å². The normalized spacial score (nSPS) is 11.5. The van der Waals surface area contributed by atoms with Crippen LogP contribution in [-0.4, -0.2) is 0 Å². The van der Waals surface area contributed by atoms with E-state index >= 15 is 0 Å². The molecule has 0 amide bonds. The molecule has 0 N–H and O–H groups in total. The predicted octanol–water partition coefficient (Wildman–Crippen LogP) is 14.4. The Bertz CT molecular complexity index is 2900. The molecule has 0 aliphatic carbocycles. The number of benzene rings is 9. The maximum Gasteiger partial charge on any atom is 0.143 e. The molecular weight excluding hydrogens is 631 g/mol. The summed E-state index contributed by atoms with van der Waals surface area (Å²) in [5.41, 5.74) is 12.1. The van der Waals surface area contributed by atoms with Gasteiger partial charge in [-0.2, -0.15) is 0 Å². The van der Waals surface area contributed by atoms with Crippen LogP contribution in [0, 0.1) is 0 Å². The van der Waals surface area contributed by atoms with Gasteiger partial charge in [0.2, 0.25) is 0 Å². The van der Waals surface area contributed by atoms with Gasteiger partial charge in [-0.15, -0.1) is 0 Å². The maximum absolute atomic E-state index is 6.66. The number of anilines is 3. The molecule has 10 rings (SSSR count). The maximum atomic E-state index is 6.66. The Balaban J connectivity index is 1.23. The first kappa shape index (κ1) is 30.0.